The fourth-order valence-corrected chi connectivity index (χ4v) is 2.97. The van der Waals surface area contributed by atoms with E-state index in [-0.39, 0.29) is 0 Å². The van der Waals surface area contributed by atoms with Gasteiger partial charge in [0.2, 0.25) is 0 Å². The van der Waals surface area contributed by atoms with Gasteiger partial charge in [-0.1, -0.05) is 36.0 Å². The van der Waals surface area contributed by atoms with E-state index in [1.54, 1.807) is 12.1 Å². The number of anilines is 1. The Labute approximate surface area is 126 Å². The molecular formula is C16H15F2NOS. The Bertz CT molecular complexity index is 633. The Hall–Kier alpha value is -1.75. The van der Waals surface area contributed by atoms with Crippen LogP contribution in [0.25, 0.3) is 0 Å². The lowest BCUT2D eigenvalue weighted by Gasteiger charge is -2.12. The van der Waals surface area contributed by atoms with Crippen molar-refractivity contribution in [1.29, 1.82) is 0 Å². The fourth-order valence-electron chi connectivity index (χ4n) is 2.36. The van der Waals surface area contributed by atoms with E-state index in [0.29, 0.717) is 23.2 Å². The summed E-state index contributed by atoms with van der Waals surface area (Å²) < 4.78 is 30.5. The number of hydrogen-bond acceptors (Lipinski definition) is 3. The first-order valence-corrected chi connectivity index (χ1v) is 7.62. The lowest BCUT2D eigenvalue weighted by atomic mass is 10.1. The Morgan fingerprint density at radius 2 is 2.05 bits per heavy atom. The van der Waals surface area contributed by atoms with E-state index in [9.17, 15) is 8.78 Å². The van der Waals surface area contributed by atoms with Gasteiger partial charge in [0.15, 0.2) is 0 Å². The molecule has 5 heteroatoms. The Morgan fingerprint density at radius 3 is 2.90 bits per heavy atom. The standard InChI is InChI=1S/C16H15F2NOS/c17-16(18)21-15-4-2-1-3-13(15)19-10-11-5-6-14-12(9-11)7-8-20-14/h1-6,9,16,19H,7-8,10H2. The molecule has 2 aromatic carbocycles. The molecule has 0 saturated carbocycles. The lowest BCUT2D eigenvalue weighted by molar-refractivity contribution is 0.252. The van der Waals surface area contributed by atoms with Crippen molar-refractivity contribution in [2.75, 3.05) is 11.9 Å². The fraction of sp³-hybridized carbons (Fsp3) is 0.250. The van der Waals surface area contributed by atoms with Crippen LogP contribution < -0.4 is 10.1 Å². The van der Waals surface area contributed by atoms with E-state index in [1.165, 1.54) is 5.56 Å². The third-order valence-electron chi connectivity index (χ3n) is 3.34. The van der Waals surface area contributed by atoms with Gasteiger partial charge in [-0.2, -0.15) is 8.78 Å². The van der Waals surface area contributed by atoms with E-state index >= 15 is 0 Å². The van der Waals surface area contributed by atoms with Gasteiger partial charge in [-0.25, -0.2) is 0 Å². The number of nitrogens with one attached hydrogen (secondary N) is 1. The minimum absolute atomic E-state index is 0.564. The minimum Gasteiger partial charge on any atom is -0.493 e. The lowest BCUT2D eigenvalue weighted by Crippen LogP contribution is -2.01. The molecule has 0 unspecified atom stereocenters. The summed E-state index contributed by atoms with van der Waals surface area (Å²) in [6.45, 7) is 1.34. The zero-order valence-corrected chi connectivity index (χ0v) is 12.1. The number of hydrogen-bond donors (Lipinski definition) is 1. The molecular weight excluding hydrogens is 292 g/mol. The van der Waals surface area contributed by atoms with Crippen LogP contribution in [0.2, 0.25) is 0 Å². The molecule has 0 amide bonds. The molecule has 0 radical (unpaired) electrons. The van der Waals surface area contributed by atoms with Gasteiger partial charge in [0.05, 0.1) is 6.61 Å². The number of alkyl halides is 2. The Kier molecular flexibility index (Phi) is 4.29. The third-order valence-corrected chi connectivity index (χ3v) is 4.13. The first-order chi connectivity index (χ1) is 10.2. The summed E-state index contributed by atoms with van der Waals surface area (Å²) in [6, 6.07) is 13.2. The minimum atomic E-state index is -2.41. The van der Waals surface area contributed by atoms with Gasteiger partial charge in [0.25, 0.3) is 5.76 Å². The van der Waals surface area contributed by atoms with Gasteiger partial charge >= 0.3 is 0 Å². The van der Waals surface area contributed by atoms with Crippen molar-refractivity contribution in [2.45, 2.75) is 23.6 Å². The topological polar surface area (TPSA) is 21.3 Å². The highest BCUT2D eigenvalue weighted by Gasteiger charge is 2.12. The van der Waals surface area contributed by atoms with Crippen LogP contribution in [-0.2, 0) is 13.0 Å². The van der Waals surface area contributed by atoms with E-state index in [1.807, 2.05) is 24.3 Å². The van der Waals surface area contributed by atoms with Gasteiger partial charge in [-0.3, -0.25) is 0 Å². The molecule has 0 atom stereocenters. The van der Waals surface area contributed by atoms with Crippen molar-refractivity contribution in [2.24, 2.45) is 0 Å². The largest absolute Gasteiger partial charge is 0.493 e. The third kappa shape index (κ3) is 3.47. The summed E-state index contributed by atoms with van der Waals surface area (Å²) in [5, 5.41) is 3.23. The SMILES string of the molecule is FC(F)Sc1ccccc1NCc1ccc2c(c1)CCO2. The summed E-state index contributed by atoms with van der Waals surface area (Å²) in [5.41, 5.74) is 3.07. The van der Waals surface area contributed by atoms with Crippen LogP contribution in [-0.4, -0.2) is 12.4 Å². The van der Waals surface area contributed by atoms with E-state index in [0.717, 1.165) is 30.0 Å². The molecule has 1 aliphatic heterocycles. The van der Waals surface area contributed by atoms with Crippen molar-refractivity contribution in [1.82, 2.24) is 0 Å². The van der Waals surface area contributed by atoms with Crippen molar-refractivity contribution in [3.05, 3.63) is 53.6 Å². The average molecular weight is 307 g/mol. The molecule has 1 N–H and O–H groups in total. The van der Waals surface area contributed by atoms with Crippen LogP contribution in [0.15, 0.2) is 47.4 Å². The Morgan fingerprint density at radius 1 is 1.19 bits per heavy atom. The molecule has 0 spiro atoms. The van der Waals surface area contributed by atoms with Gasteiger partial charge in [-0.15, -0.1) is 0 Å². The maximum atomic E-state index is 12.5. The molecule has 0 saturated heterocycles. The quantitative estimate of drug-likeness (QED) is 0.819. The maximum absolute atomic E-state index is 12.5. The number of thioether (sulfide) groups is 1. The van der Waals surface area contributed by atoms with Gasteiger partial charge in [0.1, 0.15) is 5.75 Å². The highest BCUT2D eigenvalue weighted by Crippen LogP contribution is 2.32. The normalized spacial score (nSPS) is 13.1. The van der Waals surface area contributed by atoms with Crippen molar-refractivity contribution in [3.63, 3.8) is 0 Å². The van der Waals surface area contributed by atoms with Crippen LogP contribution in [0.1, 0.15) is 11.1 Å². The van der Waals surface area contributed by atoms with Crippen LogP contribution in [0.5, 0.6) is 5.75 Å². The Balaban J connectivity index is 1.70. The monoisotopic (exact) mass is 307 g/mol. The number of halogens is 2. The summed E-state index contributed by atoms with van der Waals surface area (Å²) in [6.07, 6.45) is 0.932. The van der Waals surface area contributed by atoms with Crippen molar-refractivity contribution in [3.8, 4) is 5.75 Å². The number of para-hydroxylation sites is 1. The molecule has 0 fully saturated rings. The van der Waals surface area contributed by atoms with E-state index < -0.39 is 5.76 Å². The van der Waals surface area contributed by atoms with E-state index in [4.69, 9.17) is 4.74 Å². The van der Waals surface area contributed by atoms with Crippen LogP contribution >= 0.6 is 11.8 Å². The second kappa shape index (κ2) is 6.35. The van der Waals surface area contributed by atoms with Crippen molar-refractivity contribution >= 4 is 17.4 Å². The number of benzene rings is 2. The highest BCUT2D eigenvalue weighted by atomic mass is 32.2. The summed E-state index contributed by atoms with van der Waals surface area (Å²) in [5.74, 6) is -1.46. The number of fused-ring (bicyclic) bond motifs is 1. The van der Waals surface area contributed by atoms with E-state index in [2.05, 4.69) is 11.4 Å². The summed E-state index contributed by atoms with van der Waals surface area (Å²) >= 11 is 0.564. The first-order valence-electron chi connectivity index (χ1n) is 6.75. The molecule has 1 heterocycles. The molecule has 1 aliphatic rings. The zero-order valence-electron chi connectivity index (χ0n) is 11.3. The van der Waals surface area contributed by atoms with Crippen LogP contribution in [0.3, 0.4) is 0 Å². The molecule has 2 nitrogen and oxygen atoms in total. The second-order valence-electron chi connectivity index (χ2n) is 4.77. The maximum Gasteiger partial charge on any atom is 0.288 e. The smallest absolute Gasteiger partial charge is 0.288 e. The van der Waals surface area contributed by atoms with Gasteiger partial charge in [-0.05, 0) is 29.3 Å². The zero-order chi connectivity index (χ0) is 14.7. The summed E-state index contributed by atoms with van der Waals surface area (Å²) in [4.78, 5) is 0.567. The van der Waals surface area contributed by atoms with Gasteiger partial charge in [0, 0.05) is 23.5 Å². The molecule has 3 rings (SSSR count). The summed E-state index contributed by atoms with van der Waals surface area (Å²) in [7, 11) is 0. The average Bonchev–Trinajstić information content (AvgIpc) is 2.93. The molecule has 110 valence electrons. The second-order valence-corrected chi connectivity index (χ2v) is 5.80. The molecule has 0 aromatic heterocycles. The van der Waals surface area contributed by atoms with Crippen LogP contribution in [0.4, 0.5) is 14.5 Å². The predicted molar refractivity (Wildman–Crippen MR) is 81.3 cm³/mol. The molecule has 2 aromatic rings. The first kappa shape index (κ1) is 14.2. The van der Waals surface area contributed by atoms with Crippen molar-refractivity contribution < 1.29 is 13.5 Å². The molecule has 0 aliphatic carbocycles. The number of rotatable bonds is 5. The van der Waals surface area contributed by atoms with Gasteiger partial charge < -0.3 is 10.1 Å². The number of ether oxygens (including phenoxy) is 1. The highest BCUT2D eigenvalue weighted by molar-refractivity contribution is 7.99. The van der Waals surface area contributed by atoms with Crippen LogP contribution in [0, 0.1) is 0 Å². The molecule has 0 bridgehead atoms. The molecule has 21 heavy (non-hydrogen) atoms. The predicted octanol–water partition coefficient (Wildman–Crippen LogP) is 4.55.